The summed E-state index contributed by atoms with van der Waals surface area (Å²) in [5.41, 5.74) is 0. The van der Waals surface area contributed by atoms with Gasteiger partial charge in [-0.15, -0.1) is 0 Å². The summed E-state index contributed by atoms with van der Waals surface area (Å²) in [6.07, 6.45) is 7.14. The summed E-state index contributed by atoms with van der Waals surface area (Å²) >= 11 is 0. The van der Waals surface area contributed by atoms with Crippen molar-refractivity contribution in [1.82, 2.24) is 20.4 Å². The van der Waals surface area contributed by atoms with Crippen molar-refractivity contribution >= 4 is 11.9 Å². The maximum Gasteiger partial charge on any atom is 0.225 e. The minimum absolute atomic E-state index is 0.331. The second kappa shape index (κ2) is 12.2. The lowest BCUT2D eigenvalue weighted by Gasteiger charge is -2.38. The number of carbonyl (C=O) groups excluding carboxylic acids is 1. The van der Waals surface area contributed by atoms with Gasteiger partial charge in [0.2, 0.25) is 5.91 Å². The van der Waals surface area contributed by atoms with Crippen molar-refractivity contribution in [2.45, 2.75) is 59.3 Å². The minimum Gasteiger partial charge on any atom is -0.357 e. The van der Waals surface area contributed by atoms with Crippen LogP contribution in [0.2, 0.25) is 0 Å². The van der Waals surface area contributed by atoms with E-state index < -0.39 is 0 Å². The molecule has 0 spiro atoms. The average molecular weight is 380 g/mol. The Morgan fingerprint density at radius 3 is 2.44 bits per heavy atom. The van der Waals surface area contributed by atoms with Gasteiger partial charge in [-0.1, -0.05) is 33.1 Å². The third-order valence-corrected chi connectivity index (χ3v) is 5.66. The fraction of sp³-hybridized carbons (Fsp3) is 0.905. The molecule has 0 aromatic rings. The lowest BCUT2D eigenvalue weighted by atomic mass is 9.84. The average Bonchev–Trinajstić information content (AvgIpc) is 2.60. The summed E-state index contributed by atoms with van der Waals surface area (Å²) in [6.45, 7) is 14.1. The van der Waals surface area contributed by atoms with E-state index in [0.717, 1.165) is 83.5 Å². The van der Waals surface area contributed by atoms with Crippen molar-refractivity contribution in [3.8, 4) is 0 Å². The van der Waals surface area contributed by atoms with Crippen LogP contribution in [0, 0.1) is 11.8 Å². The molecule has 1 aliphatic heterocycles. The van der Waals surface area contributed by atoms with Crippen molar-refractivity contribution in [3.05, 3.63) is 0 Å². The highest BCUT2D eigenvalue weighted by atomic mass is 16.2. The van der Waals surface area contributed by atoms with Crippen LogP contribution in [-0.2, 0) is 4.79 Å². The summed E-state index contributed by atoms with van der Waals surface area (Å²) in [4.78, 5) is 21.5. The maximum atomic E-state index is 12.3. The molecule has 6 nitrogen and oxygen atoms in total. The number of unbranched alkanes of at least 4 members (excludes halogenated alkanes) is 1. The second-order valence-corrected chi connectivity index (χ2v) is 8.37. The van der Waals surface area contributed by atoms with E-state index in [1.54, 1.807) is 0 Å². The Balaban J connectivity index is 1.59. The van der Waals surface area contributed by atoms with E-state index >= 15 is 0 Å². The van der Waals surface area contributed by atoms with Gasteiger partial charge < -0.3 is 15.5 Å². The van der Waals surface area contributed by atoms with Gasteiger partial charge in [-0.05, 0) is 32.1 Å². The Morgan fingerprint density at radius 2 is 1.85 bits per heavy atom. The number of aliphatic imine (C=N–C) groups is 1. The molecule has 1 heterocycles. The molecule has 2 fully saturated rings. The molecule has 6 heteroatoms. The van der Waals surface area contributed by atoms with Gasteiger partial charge in [-0.2, -0.15) is 0 Å². The molecule has 0 unspecified atom stereocenters. The molecule has 1 saturated heterocycles. The Morgan fingerprint density at radius 1 is 1.11 bits per heavy atom. The van der Waals surface area contributed by atoms with Crippen molar-refractivity contribution in [2.24, 2.45) is 16.8 Å². The number of rotatable bonds is 10. The number of hydrogen-bond acceptors (Lipinski definition) is 3. The number of amides is 1. The molecule has 156 valence electrons. The molecule has 1 aliphatic carbocycles. The zero-order chi connectivity index (χ0) is 19.5. The Hall–Kier alpha value is -1.30. The van der Waals surface area contributed by atoms with Gasteiger partial charge >= 0.3 is 0 Å². The first-order chi connectivity index (χ1) is 13.1. The van der Waals surface area contributed by atoms with Crippen LogP contribution in [0.5, 0.6) is 0 Å². The number of guanidine groups is 1. The zero-order valence-corrected chi connectivity index (χ0v) is 17.8. The van der Waals surface area contributed by atoms with Crippen LogP contribution in [-0.4, -0.2) is 74.0 Å². The highest BCUT2D eigenvalue weighted by molar-refractivity contribution is 5.80. The monoisotopic (exact) mass is 379 g/mol. The number of piperazine rings is 1. The highest BCUT2D eigenvalue weighted by Gasteiger charge is 2.30. The van der Waals surface area contributed by atoms with Gasteiger partial charge in [0.05, 0.1) is 0 Å². The number of nitrogens with zero attached hydrogens (tertiary/aromatic N) is 3. The van der Waals surface area contributed by atoms with E-state index in [4.69, 9.17) is 0 Å². The van der Waals surface area contributed by atoms with Gasteiger partial charge in [-0.3, -0.25) is 14.7 Å². The Kier molecular flexibility index (Phi) is 9.95. The predicted octanol–water partition coefficient (Wildman–Crippen LogP) is 2.31. The van der Waals surface area contributed by atoms with Crippen LogP contribution in [0.25, 0.3) is 0 Å². The third kappa shape index (κ3) is 8.08. The van der Waals surface area contributed by atoms with Gasteiger partial charge in [0, 0.05) is 58.3 Å². The zero-order valence-electron chi connectivity index (χ0n) is 17.8. The lowest BCUT2D eigenvalue weighted by molar-refractivity contribution is -0.139. The first-order valence-corrected chi connectivity index (χ1v) is 11.1. The molecule has 0 bridgehead atoms. The standard InChI is InChI=1S/C21H41N5O/c1-4-22-21(23-11-6-5-8-18(2)3)24-12-13-25-14-16-26(17-15-25)20(27)19-9-7-10-19/h18-19H,4-17H2,1-3H3,(H2,22,23,24). The molecule has 2 N–H and O–H groups in total. The van der Waals surface area contributed by atoms with Crippen molar-refractivity contribution in [1.29, 1.82) is 0 Å². The van der Waals surface area contributed by atoms with E-state index in [-0.39, 0.29) is 0 Å². The second-order valence-electron chi connectivity index (χ2n) is 8.37. The fourth-order valence-corrected chi connectivity index (χ4v) is 3.63. The topological polar surface area (TPSA) is 60.0 Å². The van der Waals surface area contributed by atoms with Crippen LogP contribution in [0.1, 0.15) is 59.3 Å². The van der Waals surface area contributed by atoms with E-state index in [1.807, 2.05) is 0 Å². The van der Waals surface area contributed by atoms with Crippen LogP contribution >= 0.6 is 0 Å². The SMILES string of the molecule is CCNC(=NCCCCC(C)C)NCCN1CCN(C(=O)C2CCC2)CC1. The first kappa shape index (κ1) is 22.0. The van der Waals surface area contributed by atoms with E-state index in [1.165, 1.54) is 19.3 Å². The predicted molar refractivity (Wildman–Crippen MR) is 113 cm³/mol. The van der Waals surface area contributed by atoms with Gasteiger partial charge in [0.25, 0.3) is 0 Å². The minimum atomic E-state index is 0.331. The smallest absolute Gasteiger partial charge is 0.225 e. The van der Waals surface area contributed by atoms with E-state index in [0.29, 0.717) is 11.8 Å². The Bertz CT molecular complexity index is 453. The summed E-state index contributed by atoms with van der Waals surface area (Å²) in [6, 6.07) is 0. The number of hydrogen-bond donors (Lipinski definition) is 2. The molecular formula is C21H41N5O. The van der Waals surface area contributed by atoms with E-state index in [9.17, 15) is 4.79 Å². The molecule has 2 aliphatic rings. The molecule has 0 aromatic carbocycles. The van der Waals surface area contributed by atoms with Crippen molar-refractivity contribution in [3.63, 3.8) is 0 Å². The van der Waals surface area contributed by atoms with Gasteiger partial charge in [0.15, 0.2) is 5.96 Å². The van der Waals surface area contributed by atoms with Gasteiger partial charge in [0.1, 0.15) is 0 Å². The highest BCUT2D eigenvalue weighted by Crippen LogP contribution is 2.28. The van der Waals surface area contributed by atoms with Crippen molar-refractivity contribution < 1.29 is 4.79 Å². The summed E-state index contributed by atoms with van der Waals surface area (Å²) in [5, 5.41) is 6.79. The molecule has 1 saturated carbocycles. The van der Waals surface area contributed by atoms with Crippen LogP contribution in [0.4, 0.5) is 0 Å². The summed E-state index contributed by atoms with van der Waals surface area (Å²) < 4.78 is 0. The Labute approximate surface area is 166 Å². The van der Waals surface area contributed by atoms with Crippen LogP contribution in [0.3, 0.4) is 0 Å². The number of carbonyl (C=O) groups is 1. The van der Waals surface area contributed by atoms with Crippen LogP contribution in [0.15, 0.2) is 4.99 Å². The molecule has 0 aromatic heterocycles. The lowest BCUT2D eigenvalue weighted by Crippen LogP contribution is -2.52. The molecular weight excluding hydrogens is 338 g/mol. The van der Waals surface area contributed by atoms with E-state index in [2.05, 4.69) is 46.2 Å². The largest absolute Gasteiger partial charge is 0.357 e. The normalized spacial score (nSPS) is 19.3. The number of nitrogens with one attached hydrogen (secondary N) is 2. The molecule has 0 radical (unpaired) electrons. The third-order valence-electron chi connectivity index (χ3n) is 5.66. The van der Waals surface area contributed by atoms with Crippen LogP contribution < -0.4 is 10.6 Å². The molecule has 2 rings (SSSR count). The molecule has 1 amide bonds. The summed E-state index contributed by atoms with van der Waals surface area (Å²) in [7, 11) is 0. The molecule has 0 atom stereocenters. The summed E-state index contributed by atoms with van der Waals surface area (Å²) in [5.74, 6) is 2.45. The van der Waals surface area contributed by atoms with Crippen molar-refractivity contribution in [2.75, 3.05) is 52.4 Å². The maximum absolute atomic E-state index is 12.3. The quantitative estimate of drug-likeness (QED) is 0.347. The first-order valence-electron chi connectivity index (χ1n) is 11.1. The fourth-order valence-electron chi connectivity index (χ4n) is 3.63. The molecule has 27 heavy (non-hydrogen) atoms. The van der Waals surface area contributed by atoms with Gasteiger partial charge in [-0.25, -0.2) is 0 Å².